The Bertz CT molecular complexity index is 1170. The maximum Gasteiger partial charge on any atom is 0.262 e. The van der Waals surface area contributed by atoms with Gasteiger partial charge in [-0.1, -0.05) is 23.7 Å². The first kappa shape index (κ1) is 20.8. The van der Waals surface area contributed by atoms with E-state index in [1.165, 1.54) is 41.1 Å². The van der Waals surface area contributed by atoms with E-state index in [4.69, 9.17) is 11.6 Å². The van der Waals surface area contributed by atoms with Crippen molar-refractivity contribution in [3.8, 4) is 0 Å². The second-order valence-electron chi connectivity index (χ2n) is 7.24. The Hall–Kier alpha value is -2.49. The predicted molar refractivity (Wildman–Crippen MR) is 110 cm³/mol. The van der Waals surface area contributed by atoms with Crippen LogP contribution in [0.4, 0.5) is 14.5 Å². The van der Waals surface area contributed by atoms with Gasteiger partial charge in [0.05, 0.1) is 11.3 Å². The average molecular weight is 453 g/mol. The molecular weight excluding hydrogens is 434 g/mol. The maximum absolute atomic E-state index is 13.5. The molecule has 0 unspecified atom stereocenters. The van der Waals surface area contributed by atoms with E-state index in [0.29, 0.717) is 5.69 Å². The zero-order valence-electron chi connectivity index (χ0n) is 16.0. The molecule has 4 rings (SSSR count). The number of aryl methyl sites for hydroxylation is 1. The number of anilines is 1. The van der Waals surface area contributed by atoms with Crippen LogP contribution in [0.1, 0.15) is 11.5 Å². The van der Waals surface area contributed by atoms with Crippen LogP contribution >= 0.6 is 11.6 Å². The molecule has 6 nitrogen and oxygen atoms in total. The number of imidazole rings is 1. The van der Waals surface area contributed by atoms with Gasteiger partial charge in [0.25, 0.3) is 10.0 Å². The molecule has 2 atom stereocenters. The van der Waals surface area contributed by atoms with E-state index < -0.39 is 15.8 Å². The second-order valence-corrected chi connectivity index (χ2v) is 9.53. The summed E-state index contributed by atoms with van der Waals surface area (Å²) in [5, 5.41) is 3.19. The van der Waals surface area contributed by atoms with Crippen LogP contribution < -0.4 is 5.32 Å². The van der Waals surface area contributed by atoms with E-state index in [2.05, 4.69) is 10.3 Å². The Kier molecular flexibility index (Phi) is 5.52. The fourth-order valence-electron chi connectivity index (χ4n) is 3.61. The highest BCUT2D eigenvalue weighted by molar-refractivity contribution is 7.89. The van der Waals surface area contributed by atoms with Gasteiger partial charge in [0, 0.05) is 44.0 Å². The molecule has 0 spiro atoms. The smallest absolute Gasteiger partial charge is 0.262 e. The molecule has 0 amide bonds. The zero-order valence-corrected chi connectivity index (χ0v) is 17.5. The first-order valence-corrected chi connectivity index (χ1v) is 11.0. The van der Waals surface area contributed by atoms with E-state index in [-0.39, 0.29) is 40.9 Å². The lowest BCUT2D eigenvalue weighted by molar-refractivity contribution is 0.468. The number of halogens is 3. The summed E-state index contributed by atoms with van der Waals surface area (Å²) in [6.07, 6.45) is 2.87. The van der Waals surface area contributed by atoms with Crippen molar-refractivity contribution in [2.24, 2.45) is 7.05 Å². The molecule has 3 aromatic rings. The third-order valence-electron chi connectivity index (χ3n) is 5.14. The molecule has 1 aliphatic heterocycles. The lowest BCUT2D eigenvalue weighted by Crippen LogP contribution is -2.32. The van der Waals surface area contributed by atoms with Crippen molar-refractivity contribution in [3.05, 3.63) is 77.2 Å². The van der Waals surface area contributed by atoms with Gasteiger partial charge in [-0.25, -0.2) is 22.2 Å². The van der Waals surface area contributed by atoms with Gasteiger partial charge in [-0.05, 0) is 35.9 Å². The molecule has 1 N–H and O–H groups in total. The van der Waals surface area contributed by atoms with Gasteiger partial charge in [0.15, 0.2) is 5.03 Å². The fraction of sp³-hybridized carbons (Fsp3) is 0.250. The summed E-state index contributed by atoms with van der Waals surface area (Å²) in [6.45, 7) is 0.354. The Balaban J connectivity index is 1.66. The number of rotatable bonds is 5. The number of nitrogens with one attached hydrogen (secondary N) is 1. The first-order chi connectivity index (χ1) is 14.2. The molecule has 30 heavy (non-hydrogen) atoms. The van der Waals surface area contributed by atoms with Crippen LogP contribution in [0.25, 0.3) is 0 Å². The van der Waals surface area contributed by atoms with Gasteiger partial charge in [-0.15, -0.1) is 0 Å². The van der Waals surface area contributed by atoms with Crippen molar-refractivity contribution in [2.75, 3.05) is 18.4 Å². The molecule has 2 aromatic carbocycles. The van der Waals surface area contributed by atoms with E-state index >= 15 is 0 Å². The quantitative estimate of drug-likeness (QED) is 0.642. The Morgan fingerprint density at radius 2 is 1.87 bits per heavy atom. The normalized spacial score (nSPS) is 19.9. The van der Waals surface area contributed by atoms with Crippen molar-refractivity contribution < 1.29 is 17.2 Å². The minimum absolute atomic E-state index is 0.0331. The molecule has 1 aromatic heterocycles. The largest absolute Gasteiger partial charge is 0.380 e. The van der Waals surface area contributed by atoms with Crippen molar-refractivity contribution in [2.45, 2.75) is 17.0 Å². The Labute approximate surface area is 178 Å². The van der Waals surface area contributed by atoms with Gasteiger partial charge < -0.3 is 9.88 Å². The molecule has 10 heteroatoms. The number of aromatic nitrogens is 2. The maximum atomic E-state index is 13.5. The predicted octanol–water partition coefficient (Wildman–Crippen LogP) is 3.62. The average Bonchev–Trinajstić information content (AvgIpc) is 3.33. The lowest BCUT2D eigenvalue weighted by Gasteiger charge is -2.21. The highest BCUT2D eigenvalue weighted by Gasteiger charge is 2.41. The summed E-state index contributed by atoms with van der Waals surface area (Å²) in [5.74, 6) is -1.17. The van der Waals surface area contributed by atoms with Crippen LogP contribution in [-0.4, -0.2) is 41.4 Å². The SMILES string of the molecule is Cn1cnc(S(=O)(=O)N2C[C@@H](Nc3ccc(F)c(Cl)c3)[C@H](c3ccc(F)cc3)C2)c1. The monoisotopic (exact) mass is 452 g/mol. The topological polar surface area (TPSA) is 67.2 Å². The minimum Gasteiger partial charge on any atom is -0.380 e. The third-order valence-corrected chi connectivity index (χ3v) is 7.15. The highest BCUT2D eigenvalue weighted by atomic mass is 35.5. The van der Waals surface area contributed by atoms with Crippen molar-refractivity contribution in [1.82, 2.24) is 13.9 Å². The highest BCUT2D eigenvalue weighted by Crippen LogP contribution is 2.34. The first-order valence-electron chi connectivity index (χ1n) is 9.19. The van der Waals surface area contributed by atoms with Gasteiger partial charge in [0.1, 0.15) is 11.6 Å². The van der Waals surface area contributed by atoms with Crippen molar-refractivity contribution in [3.63, 3.8) is 0 Å². The summed E-state index contributed by atoms with van der Waals surface area (Å²) in [7, 11) is -2.11. The summed E-state index contributed by atoms with van der Waals surface area (Å²) < 4.78 is 56.0. The van der Waals surface area contributed by atoms with Crippen molar-refractivity contribution in [1.29, 1.82) is 0 Å². The molecule has 2 heterocycles. The van der Waals surface area contributed by atoms with E-state index in [9.17, 15) is 17.2 Å². The summed E-state index contributed by atoms with van der Waals surface area (Å²) in [5.41, 5.74) is 1.36. The molecule has 0 radical (unpaired) electrons. The molecule has 1 fully saturated rings. The standard InChI is InChI=1S/C20H19ClF2N4O2S/c1-26-11-20(24-12-26)30(28,29)27-9-16(13-2-4-14(22)5-3-13)19(10-27)25-15-6-7-18(23)17(21)8-15/h2-8,11-12,16,19,25H,9-10H2,1H3/t16-,19+/m0/s1. The van der Waals surface area contributed by atoms with Gasteiger partial charge in [0.2, 0.25) is 0 Å². The fourth-order valence-corrected chi connectivity index (χ4v) is 5.25. The number of sulfonamides is 1. The second kappa shape index (κ2) is 7.98. The molecular formula is C20H19ClF2N4O2S. The van der Waals surface area contributed by atoms with Gasteiger partial charge in [-0.3, -0.25) is 0 Å². The minimum atomic E-state index is -3.81. The molecule has 0 bridgehead atoms. The zero-order chi connectivity index (χ0) is 21.5. The molecule has 158 valence electrons. The molecule has 1 aliphatic rings. The molecule has 0 aliphatic carbocycles. The van der Waals surface area contributed by atoms with Crippen LogP contribution in [0, 0.1) is 11.6 Å². The number of benzene rings is 2. The van der Waals surface area contributed by atoms with Crippen LogP contribution in [0.2, 0.25) is 5.02 Å². The van der Waals surface area contributed by atoms with E-state index in [1.807, 2.05) is 0 Å². The molecule has 0 saturated carbocycles. The van der Waals surface area contributed by atoms with Crippen molar-refractivity contribution >= 4 is 27.3 Å². The van der Waals surface area contributed by atoms with E-state index in [0.717, 1.165) is 5.56 Å². The van der Waals surface area contributed by atoms with Gasteiger partial charge >= 0.3 is 0 Å². The summed E-state index contributed by atoms with van der Waals surface area (Å²) in [4.78, 5) is 3.98. The lowest BCUT2D eigenvalue weighted by atomic mass is 9.94. The van der Waals surface area contributed by atoms with Gasteiger partial charge in [-0.2, -0.15) is 4.31 Å². The summed E-state index contributed by atoms with van der Waals surface area (Å²) >= 11 is 5.88. The Morgan fingerprint density at radius 3 is 2.50 bits per heavy atom. The van der Waals surface area contributed by atoms with Crippen LogP contribution in [0.15, 0.2) is 60.0 Å². The third kappa shape index (κ3) is 4.05. The van der Waals surface area contributed by atoms with Crippen LogP contribution in [0.5, 0.6) is 0 Å². The Morgan fingerprint density at radius 1 is 1.13 bits per heavy atom. The molecule has 1 saturated heterocycles. The number of hydrogen-bond acceptors (Lipinski definition) is 4. The number of nitrogens with zero attached hydrogens (tertiary/aromatic N) is 3. The van der Waals surface area contributed by atoms with Crippen LogP contribution in [-0.2, 0) is 17.1 Å². The summed E-state index contributed by atoms with van der Waals surface area (Å²) in [6, 6.07) is 9.87. The van der Waals surface area contributed by atoms with E-state index in [1.54, 1.807) is 29.8 Å². The van der Waals surface area contributed by atoms with Crippen LogP contribution in [0.3, 0.4) is 0 Å². The number of hydrogen-bond donors (Lipinski definition) is 1.